The molecule has 0 aliphatic heterocycles. The van der Waals surface area contributed by atoms with Gasteiger partial charge in [-0.2, -0.15) is 0 Å². The number of Topliss-reactive ketones (excluding diaryl/α,β-unsaturated/α-hetero) is 1. The molecule has 21 heavy (non-hydrogen) atoms. The van der Waals surface area contributed by atoms with Gasteiger partial charge >= 0.3 is 0 Å². The van der Waals surface area contributed by atoms with Crippen molar-refractivity contribution in [2.24, 2.45) is 7.05 Å². The van der Waals surface area contributed by atoms with E-state index in [9.17, 15) is 9.59 Å². The summed E-state index contributed by atoms with van der Waals surface area (Å²) in [5.41, 5.74) is 0.785. The van der Waals surface area contributed by atoms with Gasteiger partial charge in [-0.1, -0.05) is 0 Å². The van der Waals surface area contributed by atoms with Gasteiger partial charge in [-0.15, -0.1) is 0 Å². The lowest BCUT2D eigenvalue weighted by atomic mass is 10.2. The summed E-state index contributed by atoms with van der Waals surface area (Å²) in [5, 5.41) is 2.55. The first-order valence-electron chi connectivity index (χ1n) is 6.26. The Morgan fingerprint density at radius 3 is 2.38 bits per heavy atom. The number of amides is 1. The number of ether oxygens (including phenoxy) is 2. The van der Waals surface area contributed by atoms with Crippen molar-refractivity contribution in [2.45, 2.75) is 0 Å². The van der Waals surface area contributed by atoms with Crippen molar-refractivity contribution in [2.75, 3.05) is 19.5 Å². The highest BCUT2D eigenvalue weighted by molar-refractivity contribution is 6.46. The fourth-order valence-corrected chi connectivity index (χ4v) is 1.92. The van der Waals surface area contributed by atoms with Crippen LogP contribution < -0.4 is 14.8 Å². The van der Waals surface area contributed by atoms with Gasteiger partial charge in [0.1, 0.15) is 0 Å². The topological polar surface area (TPSA) is 69.6 Å². The second-order valence-corrected chi connectivity index (χ2v) is 4.36. The van der Waals surface area contributed by atoms with Gasteiger partial charge in [0.05, 0.1) is 19.9 Å². The van der Waals surface area contributed by atoms with Crippen molar-refractivity contribution in [1.82, 2.24) is 4.57 Å². The van der Waals surface area contributed by atoms with Gasteiger partial charge in [-0.3, -0.25) is 9.59 Å². The molecule has 110 valence electrons. The van der Waals surface area contributed by atoms with Crippen LogP contribution in [0.15, 0.2) is 36.5 Å². The molecule has 1 N–H and O–H groups in total. The molecule has 6 nitrogen and oxygen atoms in total. The summed E-state index contributed by atoms with van der Waals surface area (Å²) in [6.45, 7) is 0. The lowest BCUT2D eigenvalue weighted by molar-refractivity contribution is -0.112. The first-order chi connectivity index (χ1) is 10.1. The largest absolute Gasteiger partial charge is 0.493 e. The summed E-state index contributed by atoms with van der Waals surface area (Å²) in [7, 11) is 4.73. The van der Waals surface area contributed by atoms with Crippen LogP contribution >= 0.6 is 0 Å². The molecule has 0 aliphatic carbocycles. The number of nitrogens with zero attached hydrogens (tertiary/aromatic N) is 1. The molecule has 0 bridgehead atoms. The van der Waals surface area contributed by atoms with Gasteiger partial charge in [-0.25, -0.2) is 0 Å². The second-order valence-electron chi connectivity index (χ2n) is 4.36. The van der Waals surface area contributed by atoms with Crippen molar-refractivity contribution in [3.05, 3.63) is 42.2 Å². The highest BCUT2D eigenvalue weighted by Gasteiger charge is 2.19. The van der Waals surface area contributed by atoms with E-state index in [4.69, 9.17) is 9.47 Å². The molecule has 2 aromatic rings. The van der Waals surface area contributed by atoms with Crippen LogP contribution in [0.4, 0.5) is 5.69 Å². The predicted octanol–water partition coefficient (Wildman–Crippen LogP) is 1.86. The van der Waals surface area contributed by atoms with Gasteiger partial charge in [-0.05, 0) is 24.3 Å². The Labute approximate surface area is 122 Å². The van der Waals surface area contributed by atoms with E-state index in [2.05, 4.69) is 5.32 Å². The van der Waals surface area contributed by atoms with Crippen molar-refractivity contribution < 1.29 is 19.1 Å². The van der Waals surface area contributed by atoms with Crippen LogP contribution in [-0.2, 0) is 11.8 Å². The highest BCUT2D eigenvalue weighted by atomic mass is 16.5. The predicted molar refractivity (Wildman–Crippen MR) is 77.9 cm³/mol. The Hall–Kier alpha value is -2.76. The van der Waals surface area contributed by atoms with Crippen LogP contribution in [0, 0.1) is 0 Å². The van der Waals surface area contributed by atoms with Gasteiger partial charge in [0.25, 0.3) is 11.7 Å². The summed E-state index contributed by atoms with van der Waals surface area (Å²) in [6.07, 6.45) is 1.71. The molecule has 0 aliphatic rings. The standard InChI is InChI=1S/C15H16N2O4/c1-17-8-4-5-11(17)14(18)15(19)16-10-6-7-12(20-2)13(9-10)21-3/h4-9H,1-3H3,(H,16,19). The molecule has 1 aromatic heterocycles. The molecule has 0 saturated carbocycles. The van der Waals surface area contributed by atoms with E-state index in [1.165, 1.54) is 14.2 Å². The van der Waals surface area contributed by atoms with E-state index in [1.54, 1.807) is 48.1 Å². The third-order valence-electron chi connectivity index (χ3n) is 3.02. The van der Waals surface area contributed by atoms with Gasteiger partial charge < -0.3 is 19.4 Å². The molecule has 6 heteroatoms. The zero-order chi connectivity index (χ0) is 15.4. The minimum absolute atomic E-state index is 0.327. The third-order valence-corrected chi connectivity index (χ3v) is 3.02. The maximum Gasteiger partial charge on any atom is 0.298 e. The summed E-state index contributed by atoms with van der Waals surface area (Å²) in [6, 6.07) is 8.18. The van der Waals surface area contributed by atoms with Crippen molar-refractivity contribution in [3.8, 4) is 11.5 Å². The van der Waals surface area contributed by atoms with Crippen molar-refractivity contribution in [1.29, 1.82) is 0 Å². The molecule has 1 heterocycles. The Morgan fingerprint density at radius 2 is 1.81 bits per heavy atom. The Balaban J connectivity index is 2.16. The lowest BCUT2D eigenvalue weighted by Crippen LogP contribution is -2.24. The Morgan fingerprint density at radius 1 is 1.10 bits per heavy atom. The third kappa shape index (κ3) is 3.05. The number of carbonyl (C=O) groups excluding carboxylic acids is 2. The smallest absolute Gasteiger partial charge is 0.298 e. The Bertz CT molecular complexity index is 676. The molecule has 0 radical (unpaired) electrons. The molecule has 1 amide bonds. The number of anilines is 1. The number of benzene rings is 1. The average Bonchev–Trinajstić information content (AvgIpc) is 2.92. The quantitative estimate of drug-likeness (QED) is 0.673. The maximum absolute atomic E-state index is 12.0. The first-order valence-corrected chi connectivity index (χ1v) is 6.26. The van der Waals surface area contributed by atoms with E-state index in [1.807, 2.05) is 0 Å². The number of hydrogen-bond acceptors (Lipinski definition) is 4. The number of aryl methyl sites for hydroxylation is 1. The van der Waals surface area contributed by atoms with Gasteiger partial charge in [0.15, 0.2) is 11.5 Å². The average molecular weight is 288 g/mol. The van der Waals surface area contributed by atoms with E-state index in [0.717, 1.165) is 0 Å². The molecule has 0 spiro atoms. The summed E-state index contributed by atoms with van der Waals surface area (Å²) in [4.78, 5) is 24.0. The Kier molecular flexibility index (Phi) is 4.27. The lowest BCUT2D eigenvalue weighted by Gasteiger charge is -2.10. The molecule has 2 rings (SSSR count). The zero-order valence-electron chi connectivity index (χ0n) is 12.0. The number of nitrogens with one attached hydrogen (secondary N) is 1. The molecular weight excluding hydrogens is 272 g/mol. The summed E-state index contributed by atoms with van der Waals surface area (Å²) in [5.74, 6) is -0.285. The molecule has 0 unspecified atom stereocenters. The second kappa shape index (κ2) is 6.13. The monoisotopic (exact) mass is 288 g/mol. The number of aromatic nitrogens is 1. The molecule has 1 aromatic carbocycles. The molecule has 0 atom stereocenters. The van der Waals surface area contributed by atoms with Crippen LogP contribution in [0.25, 0.3) is 0 Å². The van der Waals surface area contributed by atoms with Crippen LogP contribution in [0.1, 0.15) is 10.5 Å². The number of hydrogen-bond donors (Lipinski definition) is 1. The van der Waals surface area contributed by atoms with Crippen LogP contribution in [0.3, 0.4) is 0 Å². The van der Waals surface area contributed by atoms with E-state index in [-0.39, 0.29) is 0 Å². The summed E-state index contributed by atoms with van der Waals surface area (Å²) >= 11 is 0. The van der Waals surface area contributed by atoms with E-state index < -0.39 is 11.7 Å². The van der Waals surface area contributed by atoms with Crippen LogP contribution in [0.2, 0.25) is 0 Å². The van der Waals surface area contributed by atoms with Crippen LogP contribution in [0.5, 0.6) is 11.5 Å². The fourth-order valence-electron chi connectivity index (χ4n) is 1.92. The van der Waals surface area contributed by atoms with Crippen molar-refractivity contribution in [3.63, 3.8) is 0 Å². The molecule has 0 fully saturated rings. The van der Waals surface area contributed by atoms with E-state index in [0.29, 0.717) is 22.9 Å². The fraction of sp³-hybridized carbons (Fsp3) is 0.200. The zero-order valence-corrected chi connectivity index (χ0v) is 12.0. The molecular formula is C15H16N2O4. The minimum Gasteiger partial charge on any atom is -0.493 e. The maximum atomic E-state index is 12.0. The number of methoxy groups -OCH3 is 2. The van der Waals surface area contributed by atoms with Gasteiger partial charge in [0, 0.05) is 25.0 Å². The first kappa shape index (κ1) is 14.6. The van der Waals surface area contributed by atoms with Crippen molar-refractivity contribution >= 4 is 17.4 Å². The normalized spacial score (nSPS) is 10.0. The number of ketones is 1. The SMILES string of the molecule is COc1ccc(NC(=O)C(=O)c2cccn2C)cc1OC. The highest BCUT2D eigenvalue weighted by Crippen LogP contribution is 2.29. The summed E-state index contributed by atoms with van der Waals surface area (Å²) < 4.78 is 11.8. The van der Waals surface area contributed by atoms with Gasteiger partial charge in [0.2, 0.25) is 0 Å². The van der Waals surface area contributed by atoms with Crippen LogP contribution in [-0.4, -0.2) is 30.5 Å². The minimum atomic E-state index is -0.705. The number of carbonyl (C=O) groups is 2. The van der Waals surface area contributed by atoms with E-state index >= 15 is 0 Å². The number of rotatable bonds is 5. The molecule has 0 saturated heterocycles.